The molecule has 0 saturated carbocycles. The maximum absolute atomic E-state index is 6.01. The molecule has 1 aliphatic rings. The Hall–Kier alpha value is -0.120. The Bertz CT molecular complexity index is 164. The summed E-state index contributed by atoms with van der Waals surface area (Å²) >= 11 is 0. The van der Waals surface area contributed by atoms with Crippen molar-refractivity contribution in [2.24, 2.45) is 5.73 Å². The average molecular weight is 199 g/mol. The highest BCUT2D eigenvalue weighted by Gasteiger charge is 2.22. The van der Waals surface area contributed by atoms with Gasteiger partial charge in [-0.1, -0.05) is 0 Å². The number of hydrogen-bond acceptors (Lipinski definition) is 3. The van der Waals surface area contributed by atoms with Gasteiger partial charge < -0.3 is 5.73 Å². The van der Waals surface area contributed by atoms with Crippen LogP contribution in [0.2, 0.25) is 0 Å². The summed E-state index contributed by atoms with van der Waals surface area (Å²) in [6.07, 6.45) is 0. The number of piperazine rings is 1. The summed E-state index contributed by atoms with van der Waals surface area (Å²) in [6.45, 7) is 14.5. The molecule has 0 amide bonds. The van der Waals surface area contributed by atoms with E-state index >= 15 is 0 Å². The quantitative estimate of drug-likeness (QED) is 0.728. The van der Waals surface area contributed by atoms with E-state index in [4.69, 9.17) is 5.73 Å². The summed E-state index contributed by atoms with van der Waals surface area (Å²) in [5.74, 6) is 0. The lowest BCUT2D eigenvalue weighted by atomic mass is 10.1. The van der Waals surface area contributed by atoms with Crippen molar-refractivity contribution >= 4 is 0 Å². The Kier molecular flexibility index (Phi) is 3.93. The monoisotopic (exact) mass is 199 g/mol. The number of nitrogens with zero attached hydrogens (tertiary/aromatic N) is 2. The Morgan fingerprint density at radius 2 is 1.64 bits per heavy atom. The van der Waals surface area contributed by atoms with Crippen molar-refractivity contribution in [3.05, 3.63) is 0 Å². The van der Waals surface area contributed by atoms with Gasteiger partial charge in [-0.3, -0.25) is 9.80 Å². The summed E-state index contributed by atoms with van der Waals surface area (Å²) in [7, 11) is 0. The first-order valence-corrected chi connectivity index (χ1v) is 5.64. The van der Waals surface area contributed by atoms with Gasteiger partial charge in [0.15, 0.2) is 0 Å². The normalized spacial score (nSPS) is 21.9. The van der Waals surface area contributed by atoms with Crippen molar-refractivity contribution < 1.29 is 0 Å². The van der Waals surface area contributed by atoms with Crippen molar-refractivity contribution in [3.8, 4) is 0 Å². The molecule has 0 aliphatic carbocycles. The molecular weight excluding hydrogens is 174 g/mol. The summed E-state index contributed by atoms with van der Waals surface area (Å²) in [4.78, 5) is 5.00. The van der Waals surface area contributed by atoms with Crippen LogP contribution in [-0.2, 0) is 0 Å². The second kappa shape index (κ2) is 4.60. The minimum Gasteiger partial charge on any atom is -0.324 e. The molecule has 0 aromatic carbocycles. The first-order valence-electron chi connectivity index (χ1n) is 5.64. The second-order valence-electron chi connectivity index (χ2n) is 5.39. The lowest BCUT2D eigenvalue weighted by Crippen LogP contribution is -2.54. The van der Waals surface area contributed by atoms with Gasteiger partial charge in [0, 0.05) is 44.3 Å². The van der Waals surface area contributed by atoms with E-state index in [0.29, 0.717) is 6.04 Å². The van der Waals surface area contributed by atoms with Gasteiger partial charge in [-0.15, -0.1) is 0 Å². The first-order chi connectivity index (χ1) is 6.38. The van der Waals surface area contributed by atoms with E-state index in [9.17, 15) is 0 Å². The van der Waals surface area contributed by atoms with E-state index in [1.807, 2.05) is 0 Å². The van der Waals surface area contributed by atoms with E-state index < -0.39 is 0 Å². The van der Waals surface area contributed by atoms with Crippen LogP contribution in [-0.4, -0.2) is 54.1 Å². The molecule has 3 heteroatoms. The molecule has 14 heavy (non-hydrogen) atoms. The molecular formula is C11H25N3. The Morgan fingerprint density at radius 3 is 2.00 bits per heavy atom. The summed E-state index contributed by atoms with van der Waals surface area (Å²) in [5, 5.41) is 0. The van der Waals surface area contributed by atoms with Crippen molar-refractivity contribution in [2.75, 3.05) is 32.7 Å². The SMILES string of the molecule is CC(C)N1CCN(CC(C)(C)N)CC1. The largest absolute Gasteiger partial charge is 0.324 e. The number of nitrogens with two attached hydrogens (primary N) is 1. The standard InChI is InChI=1S/C11H25N3/c1-10(2)14-7-5-13(6-8-14)9-11(3,4)12/h10H,5-9,12H2,1-4H3. The van der Waals surface area contributed by atoms with Crippen LogP contribution in [0.3, 0.4) is 0 Å². The van der Waals surface area contributed by atoms with Crippen molar-refractivity contribution in [1.82, 2.24) is 9.80 Å². The van der Waals surface area contributed by atoms with Gasteiger partial charge in [0.05, 0.1) is 0 Å². The van der Waals surface area contributed by atoms with Gasteiger partial charge in [-0.05, 0) is 27.7 Å². The third kappa shape index (κ3) is 3.95. The Balaban J connectivity index is 2.29. The minimum atomic E-state index is -0.0556. The molecule has 1 fully saturated rings. The topological polar surface area (TPSA) is 32.5 Å². The fraction of sp³-hybridized carbons (Fsp3) is 1.00. The zero-order valence-electron chi connectivity index (χ0n) is 10.1. The molecule has 1 rings (SSSR count). The minimum absolute atomic E-state index is 0.0556. The van der Waals surface area contributed by atoms with E-state index in [1.54, 1.807) is 0 Å². The summed E-state index contributed by atoms with van der Waals surface area (Å²) < 4.78 is 0. The van der Waals surface area contributed by atoms with Crippen molar-refractivity contribution in [3.63, 3.8) is 0 Å². The molecule has 1 aliphatic heterocycles. The molecule has 0 unspecified atom stereocenters. The van der Waals surface area contributed by atoms with E-state index in [1.165, 1.54) is 26.2 Å². The van der Waals surface area contributed by atoms with Crippen molar-refractivity contribution in [1.29, 1.82) is 0 Å². The molecule has 1 saturated heterocycles. The molecule has 3 nitrogen and oxygen atoms in total. The predicted octanol–water partition coefficient (Wildman–Crippen LogP) is 0.750. The molecule has 2 N–H and O–H groups in total. The zero-order valence-corrected chi connectivity index (χ0v) is 10.1. The van der Waals surface area contributed by atoms with E-state index in [0.717, 1.165) is 6.54 Å². The fourth-order valence-electron chi connectivity index (χ4n) is 2.01. The van der Waals surface area contributed by atoms with Gasteiger partial charge in [0.1, 0.15) is 0 Å². The molecule has 84 valence electrons. The second-order valence-corrected chi connectivity index (χ2v) is 5.39. The Morgan fingerprint density at radius 1 is 1.14 bits per heavy atom. The third-order valence-electron chi connectivity index (χ3n) is 2.77. The van der Waals surface area contributed by atoms with Crippen LogP contribution in [0.25, 0.3) is 0 Å². The zero-order chi connectivity index (χ0) is 10.8. The number of hydrogen-bond donors (Lipinski definition) is 1. The predicted molar refractivity (Wildman–Crippen MR) is 61.4 cm³/mol. The molecule has 0 radical (unpaired) electrons. The third-order valence-corrected chi connectivity index (χ3v) is 2.77. The maximum Gasteiger partial charge on any atom is 0.0226 e. The molecule has 0 bridgehead atoms. The highest BCUT2D eigenvalue weighted by Crippen LogP contribution is 2.08. The molecule has 0 aromatic heterocycles. The van der Waals surface area contributed by atoms with Crippen LogP contribution < -0.4 is 5.73 Å². The summed E-state index contributed by atoms with van der Waals surface area (Å²) in [5.41, 5.74) is 5.95. The van der Waals surface area contributed by atoms with Gasteiger partial charge in [0.2, 0.25) is 0 Å². The average Bonchev–Trinajstić information content (AvgIpc) is 2.02. The highest BCUT2D eigenvalue weighted by atomic mass is 15.3. The maximum atomic E-state index is 6.01. The van der Waals surface area contributed by atoms with Gasteiger partial charge >= 0.3 is 0 Å². The Labute approximate surface area is 88.2 Å². The van der Waals surface area contributed by atoms with Gasteiger partial charge in [0.25, 0.3) is 0 Å². The van der Waals surface area contributed by atoms with E-state index in [-0.39, 0.29) is 5.54 Å². The van der Waals surface area contributed by atoms with Gasteiger partial charge in [-0.2, -0.15) is 0 Å². The molecule has 1 heterocycles. The van der Waals surface area contributed by atoms with Gasteiger partial charge in [-0.25, -0.2) is 0 Å². The lowest BCUT2D eigenvalue weighted by molar-refractivity contribution is 0.0959. The van der Waals surface area contributed by atoms with Crippen LogP contribution in [0.1, 0.15) is 27.7 Å². The van der Waals surface area contributed by atoms with Crippen LogP contribution in [0.15, 0.2) is 0 Å². The van der Waals surface area contributed by atoms with Crippen LogP contribution in [0.5, 0.6) is 0 Å². The number of rotatable bonds is 3. The summed E-state index contributed by atoms with van der Waals surface area (Å²) in [6, 6.07) is 0.683. The fourth-order valence-corrected chi connectivity index (χ4v) is 2.01. The smallest absolute Gasteiger partial charge is 0.0226 e. The van der Waals surface area contributed by atoms with Crippen LogP contribution in [0.4, 0.5) is 0 Å². The van der Waals surface area contributed by atoms with Crippen molar-refractivity contribution in [2.45, 2.75) is 39.3 Å². The van der Waals surface area contributed by atoms with Crippen LogP contribution in [0, 0.1) is 0 Å². The molecule has 0 spiro atoms. The van der Waals surface area contributed by atoms with E-state index in [2.05, 4.69) is 37.5 Å². The first kappa shape index (κ1) is 12.0. The highest BCUT2D eigenvalue weighted by molar-refractivity contribution is 4.81. The molecule has 0 aromatic rings. The van der Waals surface area contributed by atoms with Crippen LogP contribution >= 0.6 is 0 Å². The lowest BCUT2D eigenvalue weighted by Gasteiger charge is -2.39. The molecule has 0 atom stereocenters.